The number of rotatable bonds is 3. The van der Waals surface area contributed by atoms with Gasteiger partial charge in [-0.05, 0) is 29.8 Å². The van der Waals surface area contributed by atoms with Crippen LogP contribution in [-0.4, -0.2) is 40.7 Å². The standard InChI is InChI=1S/C18H16N2O5S/c21-17(16-11-24-14-3-1-2-4-15(14)25-16)19-9-10-26-18(19)12-5-7-13(8-6-12)20(22)23/h1-8,16,18H,9-11H2. The first-order valence-electron chi connectivity index (χ1n) is 8.18. The first-order chi connectivity index (χ1) is 12.6. The van der Waals surface area contributed by atoms with E-state index in [9.17, 15) is 14.9 Å². The summed E-state index contributed by atoms with van der Waals surface area (Å²) in [5.74, 6) is 1.88. The molecule has 26 heavy (non-hydrogen) atoms. The lowest BCUT2D eigenvalue weighted by Crippen LogP contribution is -2.46. The van der Waals surface area contributed by atoms with Crippen LogP contribution in [0.5, 0.6) is 11.5 Å². The van der Waals surface area contributed by atoms with Crippen LogP contribution in [0.25, 0.3) is 0 Å². The Hall–Kier alpha value is -2.74. The van der Waals surface area contributed by atoms with Gasteiger partial charge in [0.15, 0.2) is 11.5 Å². The number of hydrogen-bond donors (Lipinski definition) is 0. The third-order valence-corrected chi connectivity index (χ3v) is 5.61. The molecule has 0 spiro atoms. The first kappa shape index (κ1) is 16.7. The number of nitrogens with zero attached hydrogens (tertiary/aromatic N) is 2. The Morgan fingerprint density at radius 2 is 1.88 bits per heavy atom. The van der Waals surface area contributed by atoms with Crippen molar-refractivity contribution in [2.75, 3.05) is 18.9 Å². The van der Waals surface area contributed by atoms with E-state index in [-0.39, 0.29) is 23.6 Å². The molecule has 134 valence electrons. The number of fused-ring (bicyclic) bond motifs is 1. The fourth-order valence-corrected chi connectivity index (χ4v) is 4.32. The molecule has 7 nitrogen and oxygen atoms in total. The zero-order chi connectivity index (χ0) is 18.1. The third-order valence-electron chi connectivity index (χ3n) is 4.35. The number of ether oxygens (including phenoxy) is 2. The van der Waals surface area contributed by atoms with E-state index in [1.165, 1.54) is 12.1 Å². The second-order valence-electron chi connectivity index (χ2n) is 5.97. The van der Waals surface area contributed by atoms with Crippen LogP contribution in [0, 0.1) is 10.1 Å². The molecule has 2 atom stereocenters. The normalized spacial score (nSPS) is 21.5. The molecule has 2 heterocycles. The maximum atomic E-state index is 13.0. The molecule has 0 aromatic heterocycles. The molecule has 1 saturated heterocycles. The minimum atomic E-state index is -0.691. The Kier molecular flexibility index (Phi) is 4.42. The second-order valence-corrected chi connectivity index (χ2v) is 7.16. The Morgan fingerprint density at radius 3 is 2.62 bits per heavy atom. The molecule has 2 unspecified atom stereocenters. The fourth-order valence-electron chi connectivity index (χ4n) is 3.06. The van der Waals surface area contributed by atoms with Gasteiger partial charge in [-0.1, -0.05) is 12.1 Å². The van der Waals surface area contributed by atoms with E-state index in [1.807, 2.05) is 12.1 Å². The summed E-state index contributed by atoms with van der Waals surface area (Å²) in [5.41, 5.74) is 0.902. The van der Waals surface area contributed by atoms with Gasteiger partial charge in [0.25, 0.3) is 11.6 Å². The largest absolute Gasteiger partial charge is 0.485 e. The van der Waals surface area contributed by atoms with E-state index < -0.39 is 11.0 Å². The van der Waals surface area contributed by atoms with Crippen molar-refractivity contribution in [1.29, 1.82) is 0 Å². The molecule has 8 heteroatoms. The van der Waals surface area contributed by atoms with Crippen molar-refractivity contribution >= 4 is 23.4 Å². The van der Waals surface area contributed by atoms with E-state index in [2.05, 4.69) is 0 Å². The molecule has 2 aliphatic heterocycles. The molecule has 0 bridgehead atoms. The van der Waals surface area contributed by atoms with Crippen LogP contribution in [-0.2, 0) is 4.79 Å². The Morgan fingerprint density at radius 1 is 1.15 bits per heavy atom. The molecular weight excluding hydrogens is 356 g/mol. The van der Waals surface area contributed by atoms with Gasteiger partial charge in [0, 0.05) is 24.4 Å². The topological polar surface area (TPSA) is 81.9 Å². The predicted octanol–water partition coefficient (Wildman–Crippen LogP) is 3.01. The van der Waals surface area contributed by atoms with E-state index in [1.54, 1.807) is 40.9 Å². The summed E-state index contributed by atoms with van der Waals surface area (Å²) in [6, 6.07) is 13.6. The zero-order valence-electron chi connectivity index (χ0n) is 13.7. The number of non-ortho nitro benzene ring substituents is 1. The number of thioether (sulfide) groups is 1. The molecule has 2 aromatic carbocycles. The first-order valence-corrected chi connectivity index (χ1v) is 9.23. The fraction of sp³-hybridized carbons (Fsp3) is 0.278. The molecule has 2 aliphatic rings. The van der Waals surface area contributed by atoms with Gasteiger partial charge in [0.05, 0.1) is 4.92 Å². The Labute approximate surface area is 154 Å². The van der Waals surface area contributed by atoms with Gasteiger partial charge in [-0.2, -0.15) is 0 Å². The maximum absolute atomic E-state index is 13.0. The summed E-state index contributed by atoms with van der Waals surface area (Å²) in [6.45, 7) is 0.774. The smallest absolute Gasteiger partial charge is 0.269 e. The maximum Gasteiger partial charge on any atom is 0.269 e. The van der Waals surface area contributed by atoms with Crippen molar-refractivity contribution in [3.8, 4) is 11.5 Å². The number of nitro benzene ring substituents is 1. The summed E-state index contributed by atoms with van der Waals surface area (Å²) in [4.78, 5) is 25.1. The molecule has 0 saturated carbocycles. The van der Waals surface area contributed by atoms with Gasteiger partial charge in [0.1, 0.15) is 12.0 Å². The van der Waals surface area contributed by atoms with Crippen LogP contribution in [0.15, 0.2) is 48.5 Å². The highest BCUT2D eigenvalue weighted by Gasteiger charge is 2.37. The molecule has 4 rings (SSSR count). The van der Waals surface area contributed by atoms with Gasteiger partial charge in [-0.25, -0.2) is 0 Å². The van der Waals surface area contributed by atoms with E-state index in [0.717, 1.165) is 11.3 Å². The summed E-state index contributed by atoms with van der Waals surface area (Å²) in [7, 11) is 0. The van der Waals surface area contributed by atoms with Crippen molar-refractivity contribution < 1.29 is 19.2 Å². The number of carbonyl (C=O) groups excluding carboxylic acids is 1. The summed E-state index contributed by atoms with van der Waals surface area (Å²) >= 11 is 1.63. The van der Waals surface area contributed by atoms with Crippen LogP contribution in [0.1, 0.15) is 10.9 Å². The van der Waals surface area contributed by atoms with Gasteiger partial charge in [-0.3, -0.25) is 14.9 Å². The number of carbonyl (C=O) groups is 1. The van der Waals surface area contributed by atoms with Crippen LogP contribution >= 0.6 is 11.8 Å². The van der Waals surface area contributed by atoms with E-state index >= 15 is 0 Å². The minimum absolute atomic E-state index is 0.0373. The van der Waals surface area contributed by atoms with Crippen molar-refractivity contribution in [2.45, 2.75) is 11.5 Å². The number of para-hydroxylation sites is 2. The lowest BCUT2D eigenvalue weighted by Gasteiger charge is -2.31. The second kappa shape index (κ2) is 6.87. The molecule has 0 N–H and O–H groups in total. The Bertz CT molecular complexity index is 842. The van der Waals surface area contributed by atoms with E-state index in [4.69, 9.17) is 9.47 Å². The lowest BCUT2D eigenvalue weighted by molar-refractivity contribution is -0.384. The number of hydrogen-bond acceptors (Lipinski definition) is 6. The van der Waals surface area contributed by atoms with Crippen LogP contribution in [0.2, 0.25) is 0 Å². The molecule has 1 amide bonds. The summed E-state index contributed by atoms with van der Waals surface area (Å²) < 4.78 is 11.5. The average molecular weight is 372 g/mol. The molecule has 0 aliphatic carbocycles. The number of nitro groups is 1. The van der Waals surface area contributed by atoms with Crippen LogP contribution in [0.4, 0.5) is 5.69 Å². The summed E-state index contributed by atoms with van der Waals surface area (Å²) in [6.07, 6.45) is -0.691. The van der Waals surface area contributed by atoms with Crippen molar-refractivity contribution in [3.05, 3.63) is 64.2 Å². The minimum Gasteiger partial charge on any atom is -0.485 e. The van der Waals surface area contributed by atoms with Gasteiger partial charge in [-0.15, -0.1) is 11.8 Å². The molecule has 0 radical (unpaired) electrons. The van der Waals surface area contributed by atoms with Crippen molar-refractivity contribution in [1.82, 2.24) is 4.90 Å². The van der Waals surface area contributed by atoms with E-state index in [0.29, 0.717) is 18.0 Å². The van der Waals surface area contributed by atoms with Crippen LogP contribution < -0.4 is 9.47 Å². The number of amides is 1. The van der Waals surface area contributed by atoms with Crippen LogP contribution in [0.3, 0.4) is 0 Å². The van der Waals surface area contributed by atoms with Gasteiger partial charge in [0.2, 0.25) is 6.10 Å². The molecular formula is C18H16N2O5S. The summed E-state index contributed by atoms with van der Waals surface area (Å²) in [5, 5.41) is 10.6. The highest BCUT2D eigenvalue weighted by atomic mass is 32.2. The average Bonchev–Trinajstić information content (AvgIpc) is 3.17. The number of benzene rings is 2. The van der Waals surface area contributed by atoms with Crippen molar-refractivity contribution in [3.63, 3.8) is 0 Å². The van der Waals surface area contributed by atoms with Gasteiger partial charge < -0.3 is 14.4 Å². The quantitative estimate of drug-likeness (QED) is 0.608. The Balaban J connectivity index is 1.51. The highest BCUT2D eigenvalue weighted by molar-refractivity contribution is 7.99. The predicted molar refractivity (Wildman–Crippen MR) is 96.4 cm³/mol. The zero-order valence-corrected chi connectivity index (χ0v) is 14.6. The molecule has 1 fully saturated rings. The SMILES string of the molecule is O=C(C1COc2ccccc2O1)N1CCSC1c1ccc([N+](=O)[O-])cc1. The molecule has 2 aromatic rings. The monoisotopic (exact) mass is 372 g/mol. The highest BCUT2D eigenvalue weighted by Crippen LogP contribution is 2.40. The third kappa shape index (κ3) is 3.08. The van der Waals surface area contributed by atoms with Gasteiger partial charge >= 0.3 is 0 Å². The van der Waals surface area contributed by atoms with Crippen molar-refractivity contribution in [2.24, 2.45) is 0 Å². The lowest BCUT2D eigenvalue weighted by atomic mass is 10.1.